The monoisotopic (exact) mass is 288 g/mol. The molecule has 0 spiro atoms. The quantitative estimate of drug-likeness (QED) is 0.920. The molecule has 0 radical (unpaired) electrons. The molecule has 5 nitrogen and oxygen atoms in total. The first-order valence-corrected chi connectivity index (χ1v) is 7.98. The SMILES string of the molecule is CCn1ccnc1Cn1ccnc1C(O)C1CCCCC1. The molecule has 1 aliphatic carbocycles. The Morgan fingerprint density at radius 3 is 2.62 bits per heavy atom. The lowest BCUT2D eigenvalue weighted by Crippen LogP contribution is -2.20. The van der Waals surface area contributed by atoms with Crippen LogP contribution >= 0.6 is 0 Å². The summed E-state index contributed by atoms with van der Waals surface area (Å²) < 4.78 is 4.16. The molecular weight excluding hydrogens is 264 g/mol. The van der Waals surface area contributed by atoms with Gasteiger partial charge in [0.05, 0.1) is 6.54 Å². The summed E-state index contributed by atoms with van der Waals surface area (Å²) in [5.41, 5.74) is 0. The number of rotatable bonds is 5. The highest BCUT2D eigenvalue weighted by atomic mass is 16.3. The van der Waals surface area contributed by atoms with E-state index in [4.69, 9.17) is 0 Å². The molecule has 0 amide bonds. The van der Waals surface area contributed by atoms with E-state index in [0.717, 1.165) is 31.0 Å². The molecule has 0 saturated heterocycles. The second kappa shape index (κ2) is 6.43. The van der Waals surface area contributed by atoms with Crippen LogP contribution in [0.5, 0.6) is 0 Å². The van der Waals surface area contributed by atoms with E-state index in [1.807, 2.05) is 23.2 Å². The van der Waals surface area contributed by atoms with Gasteiger partial charge in [-0.2, -0.15) is 0 Å². The lowest BCUT2D eigenvalue weighted by molar-refractivity contribution is 0.0742. The van der Waals surface area contributed by atoms with Gasteiger partial charge in [-0.05, 0) is 25.7 Å². The molecule has 2 heterocycles. The Kier molecular flexibility index (Phi) is 4.39. The standard InChI is InChI=1S/C16H24N4O/c1-2-19-10-8-17-14(19)12-20-11-9-18-16(20)15(21)13-6-4-3-5-7-13/h8-11,13,15,21H,2-7,12H2,1H3. The molecular formula is C16H24N4O. The van der Waals surface area contributed by atoms with Crippen molar-refractivity contribution in [3.05, 3.63) is 36.4 Å². The number of aliphatic hydroxyl groups excluding tert-OH is 1. The summed E-state index contributed by atoms with van der Waals surface area (Å²) in [7, 11) is 0. The van der Waals surface area contributed by atoms with Crippen LogP contribution in [0.2, 0.25) is 0 Å². The van der Waals surface area contributed by atoms with Crippen molar-refractivity contribution in [2.75, 3.05) is 0 Å². The van der Waals surface area contributed by atoms with Gasteiger partial charge in [-0.15, -0.1) is 0 Å². The van der Waals surface area contributed by atoms with E-state index in [0.29, 0.717) is 12.5 Å². The van der Waals surface area contributed by atoms with Crippen LogP contribution in [0.1, 0.15) is 56.8 Å². The molecule has 3 rings (SSSR count). The van der Waals surface area contributed by atoms with Gasteiger partial charge < -0.3 is 14.2 Å². The largest absolute Gasteiger partial charge is 0.385 e. The molecule has 1 aliphatic rings. The fraction of sp³-hybridized carbons (Fsp3) is 0.625. The average molecular weight is 288 g/mol. The number of imidazole rings is 2. The summed E-state index contributed by atoms with van der Waals surface area (Å²) in [6.45, 7) is 3.68. The van der Waals surface area contributed by atoms with Crippen LogP contribution in [0.4, 0.5) is 0 Å². The van der Waals surface area contributed by atoms with Crippen LogP contribution in [-0.4, -0.2) is 24.2 Å². The summed E-state index contributed by atoms with van der Waals surface area (Å²) >= 11 is 0. The van der Waals surface area contributed by atoms with Crippen molar-refractivity contribution >= 4 is 0 Å². The van der Waals surface area contributed by atoms with Gasteiger partial charge >= 0.3 is 0 Å². The molecule has 1 atom stereocenters. The van der Waals surface area contributed by atoms with E-state index in [-0.39, 0.29) is 0 Å². The first-order chi connectivity index (χ1) is 10.3. The first kappa shape index (κ1) is 14.3. The predicted octanol–water partition coefficient (Wildman–Crippen LogP) is 2.76. The zero-order valence-corrected chi connectivity index (χ0v) is 12.6. The van der Waals surface area contributed by atoms with Gasteiger partial charge in [0.15, 0.2) is 0 Å². The van der Waals surface area contributed by atoms with E-state index in [1.165, 1.54) is 19.3 Å². The highest BCUT2D eigenvalue weighted by Gasteiger charge is 2.26. The number of aryl methyl sites for hydroxylation is 1. The van der Waals surface area contributed by atoms with Gasteiger partial charge in [-0.1, -0.05) is 19.3 Å². The highest BCUT2D eigenvalue weighted by molar-refractivity contribution is 5.03. The van der Waals surface area contributed by atoms with E-state index < -0.39 is 6.10 Å². The van der Waals surface area contributed by atoms with Crippen molar-refractivity contribution in [2.24, 2.45) is 5.92 Å². The molecule has 114 valence electrons. The molecule has 5 heteroatoms. The zero-order chi connectivity index (χ0) is 14.7. The van der Waals surface area contributed by atoms with E-state index in [1.54, 1.807) is 6.20 Å². The maximum atomic E-state index is 10.7. The number of nitrogens with zero attached hydrogens (tertiary/aromatic N) is 4. The van der Waals surface area contributed by atoms with E-state index >= 15 is 0 Å². The Bertz CT molecular complexity index is 568. The summed E-state index contributed by atoms with van der Waals surface area (Å²) in [5.74, 6) is 2.14. The fourth-order valence-corrected chi connectivity index (χ4v) is 3.31. The number of aromatic nitrogens is 4. The Hall–Kier alpha value is -1.62. The predicted molar refractivity (Wildman–Crippen MR) is 80.8 cm³/mol. The van der Waals surface area contributed by atoms with Crippen LogP contribution in [-0.2, 0) is 13.1 Å². The molecule has 1 fully saturated rings. The minimum Gasteiger partial charge on any atom is -0.385 e. The van der Waals surface area contributed by atoms with Gasteiger partial charge in [0, 0.05) is 31.3 Å². The first-order valence-electron chi connectivity index (χ1n) is 7.98. The zero-order valence-electron chi connectivity index (χ0n) is 12.6. The van der Waals surface area contributed by atoms with Crippen molar-refractivity contribution in [1.29, 1.82) is 0 Å². The number of aliphatic hydroxyl groups is 1. The third kappa shape index (κ3) is 3.02. The van der Waals surface area contributed by atoms with Crippen LogP contribution in [0, 0.1) is 5.92 Å². The van der Waals surface area contributed by atoms with Gasteiger partial charge in [0.2, 0.25) is 0 Å². The lowest BCUT2D eigenvalue weighted by Gasteiger charge is -2.26. The molecule has 1 saturated carbocycles. The van der Waals surface area contributed by atoms with Crippen molar-refractivity contribution in [3.63, 3.8) is 0 Å². The van der Waals surface area contributed by atoms with Gasteiger partial charge in [-0.3, -0.25) is 0 Å². The van der Waals surface area contributed by atoms with Gasteiger partial charge in [-0.25, -0.2) is 9.97 Å². The van der Waals surface area contributed by atoms with Crippen molar-refractivity contribution in [1.82, 2.24) is 19.1 Å². The average Bonchev–Trinajstić information content (AvgIpc) is 3.17. The van der Waals surface area contributed by atoms with Gasteiger partial charge in [0.25, 0.3) is 0 Å². The summed E-state index contributed by atoms with van der Waals surface area (Å²) in [4.78, 5) is 8.81. The topological polar surface area (TPSA) is 55.9 Å². The summed E-state index contributed by atoms with van der Waals surface area (Å²) in [5, 5.41) is 10.7. The normalized spacial score (nSPS) is 18.0. The second-order valence-corrected chi connectivity index (χ2v) is 5.89. The van der Waals surface area contributed by atoms with Crippen molar-refractivity contribution < 1.29 is 5.11 Å². The summed E-state index contributed by atoms with van der Waals surface area (Å²) in [6, 6.07) is 0. The van der Waals surface area contributed by atoms with Crippen molar-refractivity contribution in [3.8, 4) is 0 Å². The Labute approximate surface area is 125 Å². The van der Waals surface area contributed by atoms with Crippen molar-refractivity contribution in [2.45, 2.75) is 58.2 Å². The minimum absolute atomic E-state index is 0.353. The number of hydrogen-bond acceptors (Lipinski definition) is 3. The lowest BCUT2D eigenvalue weighted by atomic mass is 9.85. The number of hydrogen-bond donors (Lipinski definition) is 1. The van der Waals surface area contributed by atoms with Crippen LogP contribution in [0.15, 0.2) is 24.8 Å². The second-order valence-electron chi connectivity index (χ2n) is 5.89. The van der Waals surface area contributed by atoms with Crippen LogP contribution in [0.25, 0.3) is 0 Å². The summed E-state index contributed by atoms with van der Waals surface area (Å²) in [6.07, 6.45) is 13.0. The molecule has 2 aromatic heterocycles. The molecule has 0 aromatic carbocycles. The molecule has 2 aromatic rings. The molecule has 1 unspecified atom stereocenters. The maximum Gasteiger partial charge on any atom is 0.138 e. The Morgan fingerprint density at radius 2 is 1.86 bits per heavy atom. The fourth-order valence-electron chi connectivity index (χ4n) is 3.31. The Morgan fingerprint density at radius 1 is 1.14 bits per heavy atom. The molecule has 21 heavy (non-hydrogen) atoms. The van der Waals surface area contributed by atoms with Crippen LogP contribution in [0.3, 0.4) is 0 Å². The Balaban J connectivity index is 1.77. The molecule has 0 aliphatic heterocycles. The van der Waals surface area contributed by atoms with Gasteiger partial charge in [0.1, 0.15) is 17.8 Å². The third-order valence-electron chi connectivity index (χ3n) is 4.56. The van der Waals surface area contributed by atoms with Crippen LogP contribution < -0.4 is 0 Å². The van der Waals surface area contributed by atoms with E-state index in [9.17, 15) is 5.11 Å². The molecule has 1 N–H and O–H groups in total. The highest BCUT2D eigenvalue weighted by Crippen LogP contribution is 2.33. The van der Waals surface area contributed by atoms with E-state index in [2.05, 4.69) is 21.5 Å². The smallest absolute Gasteiger partial charge is 0.138 e. The maximum absolute atomic E-state index is 10.7. The minimum atomic E-state index is -0.453. The molecule has 0 bridgehead atoms. The third-order valence-corrected chi connectivity index (χ3v) is 4.56.